The molecule has 1 unspecified atom stereocenters. The molecule has 0 spiro atoms. The van der Waals surface area contributed by atoms with Crippen LogP contribution in [0.15, 0.2) is 36.4 Å². The lowest BCUT2D eigenvalue weighted by Gasteiger charge is -2.25. The Hall–Kier alpha value is -2.74. The zero-order valence-electron chi connectivity index (χ0n) is 11.3. The number of hydrogen-bond donors (Lipinski definition) is 1. The smallest absolute Gasteiger partial charge is 0.354 e. The molecule has 21 heavy (non-hydrogen) atoms. The first-order valence-electron chi connectivity index (χ1n) is 6.76. The van der Waals surface area contributed by atoms with Crippen molar-refractivity contribution in [1.29, 1.82) is 5.26 Å². The van der Waals surface area contributed by atoms with E-state index in [1.54, 1.807) is 12.1 Å². The van der Waals surface area contributed by atoms with Crippen LogP contribution in [0.2, 0.25) is 0 Å². The molecule has 0 aliphatic carbocycles. The molecule has 0 saturated carbocycles. The van der Waals surface area contributed by atoms with E-state index in [4.69, 9.17) is 14.7 Å². The van der Waals surface area contributed by atoms with Crippen molar-refractivity contribution in [2.45, 2.75) is 12.3 Å². The standard InChI is InChI=1S/C16H14N2O3/c17-9-12-5-6-14(18-12)16(19)21-10-11-7-8-20-15-4-2-1-3-13(11)15/h1-6,11,18H,7-8,10H2. The Labute approximate surface area is 122 Å². The van der Waals surface area contributed by atoms with Crippen molar-refractivity contribution >= 4 is 5.97 Å². The maximum absolute atomic E-state index is 11.9. The van der Waals surface area contributed by atoms with E-state index in [0.717, 1.165) is 17.7 Å². The number of aromatic nitrogens is 1. The summed E-state index contributed by atoms with van der Waals surface area (Å²) in [5, 5.41) is 8.73. The minimum Gasteiger partial charge on any atom is -0.493 e. The Balaban J connectivity index is 1.66. The molecule has 106 valence electrons. The van der Waals surface area contributed by atoms with Crippen LogP contribution in [0.4, 0.5) is 0 Å². The molecule has 5 nitrogen and oxygen atoms in total. The minimum atomic E-state index is -0.444. The summed E-state index contributed by atoms with van der Waals surface area (Å²) in [6.07, 6.45) is 0.818. The van der Waals surface area contributed by atoms with Gasteiger partial charge in [-0.25, -0.2) is 4.79 Å². The summed E-state index contributed by atoms with van der Waals surface area (Å²) in [5.74, 6) is 0.557. The van der Waals surface area contributed by atoms with Crippen molar-refractivity contribution in [3.05, 3.63) is 53.3 Å². The normalized spacial score (nSPS) is 16.4. The number of fused-ring (bicyclic) bond motifs is 1. The van der Waals surface area contributed by atoms with Gasteiger partial charge < -0.3 is 14.5 Å². The van der Waals surface area contributed by atoms with Crippen LogP contribution in [-0.4, -0.2) is 24.2 Å². The number of carbonyl (C=O) groups excluding carboxylic acids is 1. The highest BCUT2D eigenvalue weighted by atomic mass is 16.5. The molecule has 0 amide bonds. The van der Waals surface area contributed by atoms with Crippen LogP contribution in [-0.2, 0) is 4.74 Å². The number of hydrogen-bond acceptors (Lipinski definition) is 4. The van der Waals surface area contributed by atoms with Crippen LogP contribution in [0.3, 0.4) is 0 Å². The number of nitriles is 1. The van der Waals surface area contributed by atoms with Gasteiger partial charge in [0.15, 0.2) is 0 Å². The Bertz CT molecular complexity index is 700. The van der Waals surface area contributed by atoms with E-state index in [1.165, 1.54) is 0 Å². The quantitative estimate of drug-likeness (QED) is 0.878. The van der Waals surface area contributed by atoms with Gasteiger partial charge >= 0.3 is 5.97 Å². The Morgan fingerprint density at radius 2 is 2.24 bits per heavy atom. The number of aromatic amines is 1. The molecule has 5 heteroatoms. The van der Waals surface area contributed by atoms with E-state index < -0.39 is 5.97 Å². The summed E-state index contributed by atoms with van der Waals surface area (Å²) in [4.78, 5) is 14.6. The fraction of sp³-hybridized carbons (Fsp3) is 0.250. The van der Waals surface area contributed by atoms with Crippen LogP contribution in [0.25, 0.3) is 0 Å². The molecule has 1 aromatic carbocycles. The SMILES string of the molecule is N#Cc1ccc(C(=O)OCC2CCOc3ccccc32)[nH]1. The maximum Gasteiger partial charge on any atom is 0.354 e. The van der Waals surface area contributed by atoms with Crippen LogP contribution < -0.4 is 4.74 Å². The molecule has 1 aromatic heterocycles. The fourth-order valence-electron chi connectivity index (χ4n) is 2.42. The van der Waals surface area contributed by atoms with E-state index in [-0.39, 0.29) is 5.92 Å². The van der Waals surface area contributed by atoms with Crippen molar-refractivity contribution in [3.8, 4) is 11.8 Å². The molecule has 1 aliphatic heterocycles. The summed E-state index contributed by atoms with van der Waals surface area (Å²) in [7, 11) is 0. The number of H-pyrrole nitrogens is 1. The summed E-state index contributed by atoms with van der Waals surface area (Å²) >= 11 is 0. The molecule has 0 fully saturated rings. The molecule has 1 N–H and O–H groups in total. The second-order valence-corrected chi connectivity index (χ2v) is 4.87. The minimum absolute atomic E-state index is 0.143. The average Bonchev–Trinajstić information content (AvgIpc) is 3.01. The molecule has 2 aromatic rings. The van der Waals surface area contributed by atoms with Crippen molar-refractivity contribution < 1.29 is 14.3 Å². The van der Waals surface area contributed by atoms with Gasteiger partial charge in [0.05, 0.1) is 13.2 Å². The molecule has 0 saturated heterocycles. The number of nitrogens with zero attached hydrogens (tertiary/aromatic N) is 1. The van der Waals surface area contributed by atoms with Gasteiger partial charge in [-0.2, -0.15) is 5.26 Å². The van der Waals surface area contributed by atoms with Crippen molar-refractivity contribution in [1.82, 2.24) is 4.98 Å². The number of nitrogens with one attached hydrogen (secondary N) is 1. The first-order valence-corrected chi connectivity index (χ1v) is 6.76. The third-order valence-corrected chi connectivity index (χ3v) is 3.52. The summed E-state index contributed by atoms with van der Waals surface area (Å²) in [6.45, 7) is 0.931. The zero-order valence-corrected chi connectivity index (χ0v) is 11.3. The van der Waals surface area contributed by atoms with Crippen molar-refractivity contribution in [3.63, 3.8) is 0 Å². The van der Waals surface area contributed by atoms with Gasteiger partial charge in [0.25, 0.3) is 0 Å². The monoisotopic (exact) mass is 282 g/mol. The third kappa shape index (κ3) is 2.75. The van der Waals surface area contributed by atoms with Crippen molar-refractivity contribution in [2.24, 2.45) is 0 Å². The lowest BCUT2D eigenvalue weighted by molar-refractivity contribution is 0.0453. The average molecular weight is 282 g/mol. The Kier molecular flexibility index (Phi) is 3.61. The molecule has 0 radical (unpaired) electrons. The molecular weight excluding hydrogens is 268 g/mol. The van der Waals surface area contributed by atoms with E-state index in [9.17, 15) is 4.79 Å². The van der Waals surface area contributed by atoms with Crippen LogP contribution >= 0.6 is 0 Å². The molecule has 1 atom stereocenters. The Morgan fingerprint density at radius 3 is 3.05 bits per heavy atom. The molecule has 2 heterocycles. The van der Waals surface area contributed by atoms with Gasteiger partial charge in [-0.15, -0.1) is 0 Å². The molecule has 0 bridgehead atoms. The molecular formula is C16H14N2O3. The van der Waals surface area contributed by atoms with Crippen LogP contribution in [0, 0.1) is 11.3 Å². The van der Waals surface area contributed by atoms with E-state index in [1.807, 2.05) is 30.3 Å². The highest BCUT2D eigenvalue weighted by Gasteiger charge is 2.23. The van der Waals surface area contributed by atoms with Crippen LogP contribution in [0.5, 0.6) is 5.75 Å². The van der Waals surface area contributed by atoms with Gasteiger partial charge in [-0.05, 0) is 24.6 Å². The first-order chi connectivity index (χ1) is 10.3. The topological polar surface area (TPSA) is 75.1 Å². The first kappa shape index (κ1) is 13.3. The van der Waals surface area contributed by atoms with Crippen molar-refractivity contribution in [2.75, 3.05) is 13.2 Å². The molecule has 1 aliphatic rings. The van der Waals surface area contributed by atoms with Gasteiger partial charge in [-0.1, -0.05) is 18.2 Å². The van der Waals surface area contributed by atoms with Gasteiger partial charge in [0.1, 0.15) is 23.2 Å². The third-order valence-electron chi connectivity index (χ3n) is 3.52. The lowest BCUT2D eigenvalue weighted by atomic mass is 9.94. The zero-order chi connectivity index (χ0) is 14.7. The highest BCUT2D eigenvalue weighted by molar-refractivity contribution is 5.87. The van der Waals surface area contributed by atoms with E-state index in [0.29, 0.717) is 24.6 Å². The fourth-order valence-corrected chi connectivity index (χ4v) is 2.42. The second-order valence-electron chi connectivity index (χ2n) is 4.87. The number of ether oxygens (including phenoxy) is 2. The summed E-state index contributed by atoms with van der Waals surface area (Å²) < 4.78 is 10.9. The maximum atomic E-state index is 11.9. The largest absolute Gasteiger partial charge is 0.493 e. The van der Waals surface area contributed by atoms with Crippen LogP contribution in [0.1, 0.15) is 34.1 Å². The van der Waals surface area contributed by atoms with Gasteiger partial charge in [0, 0.05) is 11.5 Å². The molecule has 3 rings (SSSR count). The summed E-state index contributed by atoms with van der Waals surface area (Å²) in [5.41, 5.74) is 1.71. The Morgan fingerprint density at radius 1 is 1.38 bits per heavy atom. The summed E-state index contributed by atoms with van der Waals surface area (Å²) in [6, 6.07) is 12.8. The van der Waals surface area contributed by atoms with Gasteiger partial charge in [0.2, 0.25) is 0 Å². The number of esters is 1. The predicted octanol–water partition coefficient (Wildman–Crippen LogP) is 2.61. The number of rotatable bonds is 3. The predicted molar refractivity (Wildman–Crippen MR) is 75.1 cm³/mol. The highest BCUT2D eigenvalue weighted by Crippen LogP contribution is 2.33. The lowest BCUT2D eigenvalue weighted by Crippen LogP contribution is -2.20. The van der Waals surface area contributed by atoms with Gasteiger partial charge in [-0.3, -0.25) is 0 Å². The van der Waals surface area contributed by atoms with E-state index >= 15 is 0 Å². The number of para-hydroxylation sites is 1. The second kappa shape index (κ2) is 5.71. The van der Waals surface area contributed by atoms with E-state index in [2.05, 4.69) is 4.98 Å². The number of benzene rings is 1. The number of carbonyl (C=O) groups is 1.